The van der Waals surface area contributed by atoms with Crippen LogP contribution in [0.2, 0.25) is 0 Å². The van der Waals surface area contributed by atoms with Gasteiger partial charge < -0.3 is 5.43 Å². The number of hydrazine groups is 1. The summed E-state index contributed by atoms with van der Waals surface area (Å²) in [6.07, 6.45) is 1.33. The molecule has 1 aromatic carbocycles. The van der Waals surface area contributed by atoms with Crippen molar-refractivity contribution in [2.24, 2.45) is 5.84 Å². The number of benzene rings is 1. The maximum absolute atomic E-state index is 13.0. The van der Waals surface area contributed by atoms with Crippen molar-refractivity contribution in [3.8, 4) is 0 Å². The van der Waals surface area contributed by atoms with Gasteiger partial charge in [-0.05, 0) is 46.3 Å². The SMILES string of the molecule is NNc1cccnc1S(=O)(=O)Nc1ccc(F)cc1Br. The number of rotatable bonds is 4. The standard InChI is InChI=1S/C11H10BrFN4O2S/c12-8-6-7(13)3-4-9(8)17-20(18,19)11-10(16-14)2-1-5-15-11/h1-6,16-17H,14H2. The highest BCUT2D eigenvalue weighted by Gasteiger charge is 2.21. The van der Waals surface area contributed by atoms with Crippen LogP contribution in [0.25, 0.3) is 0 Å². The van der Waals surface area contributed by atoms with Gasteiger partial charge in [-0.15, -0.1) is 0 Å². The van der Waals surface area contributed by atoms with E-state index in [1.807, 2.05) is 0 Å². The summed E-state index contributed by atoms with van der Waals surface area (Å²) in [4.78, 5) is 3.78. The molecule has 0 atom stereocenters. The second kappa shape index (κ2) is 5.73. The molecule has 0 spiro atoms. The van der Waals surface area contributed by atoms with E-state index in [0.29, 0.717) is 0 Å². The molecule has 0 bridgehead atoms. The Labute approximate surface area is 123 Å². The van der Waals surface area contributed by atoms with E-state index in [-0.39, 0.29) is 20.9 Å². The third-order valence-corrected chi connectivity index (χ3v) is 4.34. The van der Waals surface area contributed by atoms with Crippen molar-refractivity contribution >= 4 is 37.3 Å². The van der Waals surface area contributed by atoms with Crippen LogP contribution >= 0.6 is 15.9 Å². The number of hydrogen-bond donors (Lipinski definition) is 3. The summed E-state index contributed by atoms with van der Waals surface area (Å²) in [5.74, 6) is 4.77. The van der Waals surface area contributed by atoms with E-state index in [2.05, 4.69) is 31.1 Å². The van der Waals surface area contributed by atoms with E-state index in [9.17, 15) is 12.8 Å². The minimum atomic E-state index is -3.95. The Hall–Kier alpha value is -1.71. The van der Waals surface area contributed by atoms with Gasteiger partial charge >= 0.3 is 0 Å². The molecule has 106 valence electrons. The molecule has 0 unspecified atom stereocenters. The van der Waals surface area contributed by atoms with Crippen molar-refractivity contribution in [2.45, 2.75) is 5.03 Å². The van der Waals surface area contributed by atoms with E-state index in [0.717, 1.165) is 12.1 Å². The predicted octanol–water partition coefficient (Wildman–Crippen LogP) is 2.07. The largest absolute Gasteiger partial charge is 0.321 e. The van der Waals surface area contributed by atoms with Gasteiger partial charge in [0.15, 0.2) is 0 Å². The molecule has 9 heteroatoms. The fourth-order valence-electron chi connectivity index (χ4n) is 1.48. The van der Waals surface area contributed by atoms with Crippen LogP contribution in [0.1, 0.15) is 0 Å². The highest BCUT2D eigenvalue weighted by molar-refractivity contribution is 9.10. The van der Waals surface area contributed by atoms with Crippen LogP contribution in [0, 0.1) is 5.82 Å². The molecular formula is C11H10BrFN4O2S. The number of nitrogen functional groups attached to an aromatic ring is 1. The molecule has 0 fully saturated rings. The summed E-state index contributed by atoms with van der Waals surface area (Å²) in [6, 6.07) is 6.61. The minimum absolute atomic E-state index is 0.151. The molecule has 1 heterocycles. The van der Waals surface area contributed by atoms with Gasteiger partial charge in [-0.1, -0.05) is 0 Å². The fourth-order valence-corrected chi connectivity index (χ4v) is 3.24. The molecule has 0 aliphatic heterocycles. The molecule has 2 rings (SSSR count). The zero-order valence-electron chi connectivity index (χ0n) is 9.97. The summed E-state index contributed by atoms with van der Waals surface area (Å²) in [6.45, 7) is 0. The minimum Gasteiger partial charge on any atom is -0.321 e. The fraction of sp³-hybridized carbons (Fsp3) is 0. The molecule has 0 aliphatic carbocycles. The van der Waals surface area contributed by atoms with Crippen LogP contribution in [0.5, 0.6) is 0 Å². The Morgan fingerprint density at radius 1 is 1.25 bits per heavy atom. The maximum Gasteiger partial charge on any atom is 0.281 e. The predicted molar refractivity (Wildman–Crippen MR) is 77.0 cm³/mol. The topological polar surface area (TPSA) is 97.1 Å². The number of nitrogens with two attached hydrogens (primary N) is 1. The lowest BCUT2D eigenvalue weighted by Crippen LogP contribution is -2.19. The normalized spacial score (nSPS) is 11.2. The van der Waals surface area contributed by atoms with Crippen LogP contribution in [-0.4, -0.2) is 13.4 Å². The molecule has 0 aliphatic rings. The van der Waals surface area contributed by atoms with Gasteiger partial charge in [0.25, 0.3) is 10.0 Å². The average molecular weight is 361 g/mol. The van der Waals surface area contributed by atoms with Gasteiger partial charge in [0.2, 0.25) is 5.03 Å². The smallest absolute Gasteiger partial charge is 0.281 e. The van der Waals surface area contributed by atoms with Crippen LogP contribution in [0.15, 0.2) is 46.0 Å². The number of anilines is 2. The zero-order valence-corrected chi connectivity index (χ0v) is 12.4. The Kier molecular flexibility index (Phi) is 4.21. The van der Waals surface area contributed by atoms with Crippen molar-refractivity contribution in [3.63, 3.8) is 0 Å². The summed E-state index contributed by atoms with van der Waals surface area (Å²) in [7, 11) is -3.95. The van der Waals surface area contributed by atoms with E-state index >= 15 is 0 Å². The molecule has 6 nitrogen and oxygen atoms in total. The summed E-state index contributed by atoms with van der Waals surface area (Å²) in [5.41, 5.74) is 2.60. The Morgan fingerprint density at radius 2 is 2.00 bits per heavy atom. The van der Waals surface area contributed by atoms with Crippen molar-refractivity contribution in [3.05, 3.63) is 46.8 Å². The number of nitrogens with one attached hydrogen (secondary N) is 2. The van der Waals surface area contributed by atoms with Crippen molar-refractivity contribution in [1.29, 1.82) is 0 Å². The van der Waals surface area contributed by atoms with Gasteiger partial charge in [-0.2, -0.15) is 8.42 Å². The van der Waals surface area contributed by atoms with E-state index in [4.69, 9.17) is 5.84 Å². The van der Waals surface area contributed by atoms with Crippen LogP contribution in [-0.2, 0) is 10.0 Å². The lowest BCUT2D eigenvalue weighted by atomic mass is 10.3. The summed E-state index contributed by atoms with van der Waals surface area (Å²) >= 11 is 3.08. The van der Waals surface area contributed by atoms with Gasteiger partial charge in [0.1, 0.15) is 5.82 Å². The summed E-state index contributed by atoms with van der Waals surface area (Å²) < 4.78 is 40.0. The highest BCUT2D eigenvalue weighted by atomic mass is 79.9. The first kappa shape index (κ1) is 14.7. The average Bonchev–Trinajstić information content (AvgIpc) is 2.42. The number of hydrogen-bond acceptors (Lipinski definition) is 5. The van der Waals surface area contributed by atoms with Gasteiger partial charge in [-0.3, -0.25) is 10.6 Å². The summed E-state index contributed by atoms with van der Waals surface area (Å²) in [5, 5.41) is -0.251. The van der Waals surface area contributed by atoms with Crippen LogP contribution in [0.3, 0.4) is 0 Å². The Balaban J connectivity index is 2.41. The molecule has 0 saturated heterocycles. The number of halogens is 2. The van der Waals surface area contributed by atoms with Crippen molar-refractivity contribution in [2.75, 3.05) is 10.1 Å². The number of aromatic nitrogens is 1. The first-order valence-corrected chi connectivity index (χ1v) is 7.61. The molecule has 2 aromatic rings. The van der Waals surface area contributed by atoms with Crippen molar-refractivity contribution < 1.29 is 12.8 Å². The second-order valence-corrected chi connectivity index (χ2v) is 6.18. The number of nitrogens with zero attached hydrogens (tertiary/aromatic N) is 1. The first-order chi connectivity index (χ1) is 9.44. The van der Waals surface area contributed by atoms with E-state index in [1.54, 1.807) is 6.07 Å². The lowest BCUT2D eigenvalue weighted by Gasteiger charge is -2.11. The molecule has 0 amide bonds. The van der Waals surface area contributed by atoms with Gasteiger partial charge in [-0.25, -0.2) is 9.37 Å². The highest BCUT2D eigenvalue weighted by Crippen LogP contribution is 2.27. The maximum atomic E-state index is 13.0. The molecule has 0 radical (unpaired) electrons. The van der Waals surface area contributed by atoms with E-state index in [1.165, 1.54) is 18.3 Å². The first-order valence-electron chi connectivity index (χ1n) is 5.33. The Bertz CT molecular complexity index is 739. The monoisotopic (exact) mass is 360 g/mol. The molecule has 20 heavy (non-hydrogen) atoms. The molecule has 0 saturated carbocycles. The van der Waals surface area contributed by atoms with Gasteiger partial charge in [0, 0.05) is 10.7 Å². The van der Waals surface area contributed by atoms with Crippen LogP contribution in [0.4, 0.5) is 15.8 Å². The third kappa shape index (κ3) is 3.06. The molecule has 1 aromatic heterocycles. The second-order valence-electron chi connectivity index (χ2n) is 3.73. The quantitative estimate of drug-likeness (QED) is 0.572. The van der Waals surface area contributed by atoms with Crippen LogP contribution < -0.4 is 16.0 Å². The lowest BCUT2D eigenvalue weighted by molar-refractivity contribution is 0.597. The van der Waals surface area contributed by atoms with E-state index < -0.39 is 15.8 Å². The molecular weight excluding hydrogens is 351 g/mol. The zero-order chi connectivity index (χ0) is 14.8. The number of pyridine rings is 1. The third-order valence-electron chi connectivity index (χ3n) is 2.36. The van der Waals surface area contributed by atoms with Gasteiger partial charge in [0.05, 0.1) is 11.4 Å². The molecule has 4 N–H and O–H groups in total. The number of sulfonamides is 1. The van der Waals surface area contributed by atoms with Crippen molar-refractivity contribution in [1.82, 2.24) is 4.98 Å². The Morgan fingerprint density at radius 3 is 2.65 bits per heavy atom.